The van der Waals surface area contributed by atoms with Gasteiger partial charge in [-0.05, 0) is 13.0 Å². The molecular formula is C10H15N3O3. The maximum atomic E-state index is 10.5. The predicted molar refractivity (Wildman–Crippen MR) is 59.5 cm³/mol. The summed E-state index contributed by atoms with van der Waals surface area (Å²) < 4.78 is 5.27. The van der Waals surface area contributed by atoms with E-state index in [9.17, 15) is 10.1 Å². The summed E-state index contributed by atoms with van der Waals surface area (Å²) in [6.45, 7) is 4.17. The summed E-state index contributed by atoms with van der Waals surface area (Å²) in [6, 6.07) is 2.65. The Morgan fingerprint density at radius 1 is 1.56 bits per heavy atom. The van der Waals surface area contributed by atoms with Gasteiger partial charge in [-0.25, -0.2) is 4.98 Å². The van der Waals surface area contributed by atoms with Crippen molar-refractivity contribution in [1.82, 2.24) is 10.3 Å². The lowest BCUT2D eigenvalue weighted by Crippen LogP contribution is -2.21. The minimum Gasteiger partial charge on any atom is -0.476 e. The third-order valence-electron chi connectivity index (χ3n) is 1.88. The fourth-order valence-corrected chi connectivity index (χ4v) is 1.12. The lowest BCUT2D eigenvalue weighted by molar-refractivity contribution is -0.385. The van der Waals surface area contributed by atoms with Gasteiger partial charge in [-0.2, -0.15) is 0 Å². The summed E-state index contributed by atoms with van der Waals surface area (Å²) in [5, 5.41) is 13.6. The van der Waals surface area contributed by atoms with Crippen LogP contribution in [-0.4, -0.2) is 29.6 Å². The number of nitro groups is 1. The van der Waals surface area contributed by atoms with Crippen LogP contribution in [0.15, 0.2) is 18.3 Å². The van der Waals surface area contributed by atoms with Crippen LogP contribution in [0.1, 0.15) is 13.3 Å². The molecular weight excluding hydrogens is 210 g/mol. The largest absolute Gasteiger partial charge is 0.476 e. The van der Waals surface area contributed by atoms with Crippen molar-refractivity contribution in [2.24, 2.45) is 0 Å². The van der Waals surface area contributed by atoms with Crippen LogP contribution in [0.2, 0.25) is 0 Å². The van der Waals surface area contributed by atoms with Crippen LogP contribution in [0.25, 0.3) is 0 Å². The second-order valence-corrected chi connectivity index (χ2v) is 3.21. The SMILES string of the molecule is CCCNCCOc1cc([N+](=O)[O-])ccn1. The van der Waals surface area contributed by atoms with Crippen molar-refractivity contribution in [3.63, 3.8) is 0 Å². The average Bonchev–Trinajstić information content (AvgIpc) is 2.29. The van der Waals surface area contributed by atoms with E-state index in [1.807, 2.05) is 0 Å². The van der Waals surface area contributed by atoms with Crippen molar-refractivity contribution in [1.29, 1.82) is 0 Å². The molecule has 0 radical (unpaired) electrons. The van der Waals surface area contributed by atoms with Gasteiger partial charge in [-0.3, -0.25) is 10.1 Å². The smallest absolute Gasteiger partial charge is 0.276 e. The highest BCUT2D eigenvalue weighted by Crippen LogP contribution is 2.15. The maximum absolute atomic E-state index is 10.5. The van der Waals surface area contributed by atoms with Crippen molar-refractivity contribution in [3.05, 3.63) is 28.4 Å². The fourth-order valence-electron chi connectivity index (χ4n) is 1.12. The average molecular weight is 225 g/mol. The van der Waals surface area contributed by atoms with Crippen LogP contribution in [0.4, 0.5) is 5.69 Å². The summed E-state index contributed by atoms with van der Waals surface area (Å²) in [5.74, 6) is 0.285. The van der Waals surface area contributed by atoms with Gasteiger partial charge < -0.3 is 10.1 Å². The summed E-state index contributed by atoms with van der Waals surface area (Å²) in [6.07, 6.45) is 2.43. The molecule has 6 heteroatoms. The van der Waals surface area contributed by atoms with Crippen LogP contribution in [0.5, 0.6) is 5.88 Å². The Kier molecular flexibility index (Phi) is 5.21. The van der Waals surface area contributed by atoms with E-state index in [0.29, 0.717) is 13.2 Å². The van der Waals surface area contributed by atoms with Crippen molar-refractivity contribution in [2.75, 3.05) is 19.7 Å². The predicted octanol–water partition coefficient (Wildman–Crippen LogP) is 1.37. The molecule has 0 saturated carbocycles. The number of hydrogen-bond acceptors (Lipinski definition) is 5. The van der Waals surface area contributed by atoms with Gasteiger partial charge in [0.1, 0.15) is 6.61 Å². The quantitative estimate of drug-likeness (QED) is 0.431. The summed E-state index contributed by atoms with van der Waals surface area (Å²) in [7, 11) is 0. The number of nitrogens with one attached hydrogen (secondary N) is 1. The Bertz CT molecular complexity index is 344. The van der Waals surface area contributed by atoms with Crippen molar-refractivity contribution >= 4 is 5.69 Å². The van der Waals surface area contributed by atoms with E-state index in [0.717, 1.165) is 13.0 Å². The topological polar surface area (TPSA) is 77.3 Å². The highest BCUT2D eigenvalue weighted by molar-refractivity contribution is 5.32. The number of hydrogen-bond donors (Lipinski definition) is 1. The van der Waals surface area contributed by atoms with E-state index in [-0.39, 0.29) is 11.6 Å². The van der Waals surface area contributed by atoms with Gasteiger partial charge in [0.25, 0.3) is 5.69 Å². The van der Waals surface area contributed by atoms with Gasteiger partial charge in [-0.1, -0.05) is 6.92 Å². The molecule has 0 aromatic carbocycles. The minimum atomic E-state index is -0.468. The zero-order valence-corrected chi connectivity index (χ0v) is 9.18. The number of rotatable bonds is 7. The first kappa shape index (κ1) is 12.4. The molecule has 0 atom stereocenters. The van der Waals surface area contributed by atoms with Crippen molar-refractivity contribution in [3.8, 4) is 5.88 Å². The molecule has 1 heterocycles. The Labute approximate surface area is 93.8 Å². The molecule has 0 amide bonds. The first-order valence-electron chi connectivity index (χ1n) is 5.18. The first-order valence-corrected chi connectivity index (χ1v) is 5.18. The third-order valence-corrected chi connectivity index (χ3v) is 1.88. The van der Waals surface area contributed by atoms with Crippen LogP contribution >= 0.6 is 0 Å². The number of aromatic nitrogens is 1. The summed E-state index contributed by atoms with van der Waals surface area (Å²) in [4.78, 5) is 13.9. The van der Waals surface area contributed by atoms with Gasteiger partial charge in [0, 0.05) is 18.8 Å². The Hall–Kier alpha value is -1.69. The molecule has 0 fully saturated rings. The monoisotopic (exact) mass is 225 g/mol. The van der Waals surface area contributed by atoms with E-state index < -0.39 is 4.92 Å². The number of ether oxygens (including phenoxy) is 1. The van der Waals surface area contributed by atoms with Crippen LogP contribution in [-0.2, 0) is 0 Å². The molecule has 1 aromatic heterocycles. The summed E-state index contributed by atoms with van der Waals surface area (Å²) >= 11 is 0. The number of pyridine rings is 1. The molecule has 88 valence electrons. The molecule has 1 N–H and O–H groups in total. The summed E-state index contributed by atoms with van der Waals surface area (Å²) in [5.41, 5.74) is -0.00785. The zero-order chi connectivity index (χ0) is 11.8. The molecule has 0 aliphatic carbocycles. The van der Waals surface area contributed by atoms with E-state index in [1.165, 1.54) is 18.3 Å². The lowest BCUT2D eigenvalue weighted by Gasteiger charge is -2.05. The molecule has 0 unspecified atom stereocenters. The molecule has 0 aliphatic heterocycles. The Balaban J connectivity index is 2.36. The van der Waals surface area contributed by atoms with Crippen LogP contribution < -0.4 is 10.1 Å². The second-order valence-electron chi connectivity index (χ2n) is 3.21. The van der Waals surface area contributed by atoms with Gasteiger partial charge in [0.2, 0.25) is 5.88 Å². The minimum absolute atomic E-state index is 0.00785. The first-order chi connectivity index (χ1) is 7.74. The van der Waals surface area contributed by atoms with Gasteiger partial charge >= 0.3 is 0 Å². The van der Waals surface area contributed by atoms with Crippen LogP contribution in [0, 0.1) is 10.1 Å². The van der Waals surface area contributed by atoms with Crippen molar-refractivity contribution < 1.29 is 9.66 Å². The Morgan fingerprint density at radius 2 is 2.38 bits per heavy atom. The molecule has 0 aliphatic rings. The molecule has 1 aromatic rings. The lowest BCUT2D eigenvalue weighted by atomic mass is 10.4. The highest BCUT2D eigenvalue weighted by Gasteiger charge is 2.06. The molecule has 0 saturated heterocycles. The molecule has 16 heavy (non-hydrogen) atoms. The van der Waals surface area contributed by atoms with E-state index in [4.69, 9.17) is 4.74 Å². The Morgan fingerprint density at radius 3 is 3.06 bits per heavy atom. The van der Waals surface area contributed by atoms with Gasteiger partial charge in [0.15, 0.2) is 0 Å². The van der Waals surface area contributed by atoms with Gasteiger partial charge in [-0.15, -0.1) is 0 Å². The molecule has 0 bridgehead atoms. The van der Waals surface area contributed by atoms with Crippen molar-refractivity contribution in [2.45, 2.75) is 13.3 Å². The number of nitrogens with zero attached hydrogens (tertiary/aromatic N) is 2. The fraction of sp³-hybridized carbons (Fsp3) is 0.500. The third kappa shape index (κ3) is 4.22. The highest BCUT2D eigenvalue weighted by atomic mass is 16.6. The van der Waals surface area contributed by atoms with E-state index >= 15 is 0 Å². The maximum Gasteiger partial charge on any atom is 0.276 e. The molecule has 6 nitrogen and oxygen atoms in total. The van der Waals surface area contributed by atoms with Gasteiger partial charge in [0.05, 0.1) is 11.0 Å². The normalized spacial score (nSPS) is 10.1. The standard InChI is InChI=1S/C10H15N3O3/c1-2-4-11-6-7-16-10-8-9(13(14)15)3-5-12-10/h3,5,8,11H,2,4,6-7H2,1H3. The van der Waals surface area contributed by atoms with Crippen LogP contribution in [0.3, 0.4) is 0 Å². The molecule has 1 rings (SSSR count). The molecule has 0 spiro atoms. The zero-order valence-electron chi connectivity index (χ0n) is 9.18. The van der Waals surface area contributed by atoms with E-state index in [1.54, 1.807) is 0 Å². The van der Waals surface area contributed by atoms with E-state index in [2.05, 4.69) is 17.2 Å². The second kappa shape index (κ2) is 6.73.